The van der Waals surface area contributed by atoms with Gasteiger partial charge in [0.25, 0.3) is 0 Å². The van der Waals surface area contributed by atoms with Crippen LogP contribution in [0.3, 0.4) is 0 Å². The third kappa shape index (κ3) is 2.39. The number of hydrogen-bond acceptors (Lipinski definition) is 2. The molecule has 1 aromatic rings. The van der Waals surface area contributed by atoms with Gasteiger partial charge in [0.15, 0.2) is 17.4 Å². The molecule has 0 atom stereocenters. The van der Waals surface area contributed by atoms with Crippen molar-refractivity contribution in [2.24, 2.45) is 11.1 Å². The van der Waals surface area contributed by atoms with Gasteiger partial charge in [-0.1, -0.05) is 6.42 Å². The minimum atomic E-state index is -1.02. The standard InChI is InChI=1S/C12H14F3NO/c13-8-4-9(14)11(10(15)5-8)17-7-12(6-16)2-1-3-12/h4-5H,1-3,6-7,16H2. The van der Waals surface area contributed by atoms with Crippen LogP contribution in [0.2, 0.25) is 0 Å². The molecule has 1 fully saturated rings. The van der Waals surface area contributed by atoms with Gasteiger partial charge in [0, 0.05) is 24.1 Å². The predicted octanol–water partition coefficient (Wildman–Crippen LogP) is 2.61. The van der Waals surface area contributed by atoms with E-state index < -0.39 is 23.2 Å². The fourth-order valence-corrected chi connectivity index (χ4v) is 1.98. The lowest BCUT2D eigenvalue weighted by Crippen LogP contribution is -2.42. The summed E-state index contributed by atoms with van der Waals surface area (Å²) in [7, 11) is 0. The first-order chi connectivity index (χ1) is 8.06. The van der Waals surface area contributed by atoms with Gasteiger partial charge in [-0.05, 0) is 12.8 Å². The zero-order valence-corrected chi connectivity index (χ0v) is 9.31. The topological polar surface area (TPSA) is 35.2 Å². The van der Waals surface area contributed by atoms with Gasteiger partial charge < -0.3 is 10.5 Å². The van der Waals surface area contributed by atoms with Gasteiger partial charge in [0.1, 0.15) is 5.82 Å². The van der Waals surface area contributed by atoms with Crippen LogP contribution < -0.4 is 10.5 Å². The lowest BCUT2D eigenvalue weighted by Gasteiger charge is -2.40. The fourth-order valence-electron chi connectivity index (χ4n) is 1.98. The van der Waals surface area contributed by atoms with E-state index in [4.69, 9.17) is 10.5 Å². The molecular formula is C12H14F3NO. The van der Waals surface area contributed by atoms with Crippen molar-refractivity contribution < 1.29 is 17.9 Å². The lowest BCUT2D eigenvalue weighted by atomic mass is 9.69. The number of halogens is 3. The van der Waals surface area contributed by atoms with Gasteiger partial charge in [-0.15, -0.1) is 0 Å². The highest BCUT2D eigenvalue weighted by atomic mass is 19.1. The van der Waals surface area contributed by atoms with Gasteiger partial charge in [-0.3, -0.25) is 0 Å². The molecule has 5 heteroatoms. The molecule has 0 amide bonds. The number of ether oxygens (including phenoxy) is 1. The van der Waals surface area contributed by atoms with E-state index in [0.717, 1.165) is 19.3 Å². The van der Waals surface area contributed by atoms with E-state index in [2.05, 4.69) is 0 Å². The molecule has 1 aliphatic carbocycles. The average molecular weight is 245 g/mol. The third-order valence-electron chi connectivity index (χ3n) is 3.33. The molecule has 0 radical (unpaired) electrons. The first-order valence-electron chi connectivity index (χ1n) is 5.54. The zero-order chi connectivity index (χ0) is 12.5. The number of hydrogen-bond donors (Lipinski definition) is 1. The van der Waals surface area contributed by atoms with Crippen LogP contribution in [0, 0.1) is 22.9 Å². The zero-order valence-electron chi connectivity index (χ0n) is 9.31. The Hall–Kier alpha value is -1.23. The third-order valence-corrected chi connectivity index (χ3v) is 3.33. The minimum Gasteiger partial charge on any atom is -0.487 e. The van der Waals surface area contributed by atoms with Crippen molar-refractivity contribution in [3.05, 3.63) is 29.6 Å². The van der Waals surface area contributed by atoms with E-state index in [-0.39, 0.29) is 12.0 Å². The largest absolute Gasteiger partial charge is 0.487 e. The smallest absolute Gasteiger partial charge is 0.190 e. The molecule has 1 saturated carbocycles. The predicted molar refractivity (Wildman–Crippen MR) is 57.1 cm³/mol. The molecule has 0 heterocycles. The van der Waals surface area contributed by atoms with E-state index in [1.807, 2.05) is 0 Å². The Morgan fingerprint density at radius 1 is 1.18 bits per heavy atom. The molecule has 1 aliphatic rings. The van der Waals surface area contributed by atoms with Crippen LogP contribution in [0.1, 0.15) is 19.3 Å². The summed E-state index contributed by atoms with van der Waals surface area (Å²) >= 11 is 0. The quantitative estimate of drug-likeness (QED) is 0.885. The van der Waals surface area contributed by atoms with Gasteiger partial charge in [0.2, 0.25) is 0 Å². The van der Waals surface area contributed by atoms with E-state index in [0.29, 0.717) is 18.7 Å². The molecule has 2 N–H and O–H groups in total. The second-order valence-electron chi connectivity index (χ2n) is 4.54. The monoisotopic (exact) mass is 245 g/mol. The first kappa shape index (κ1) is 12.2. The van der Waals surface area contributed by atoms with Crippen LogP contribution >= 0.6 is 0 Å². The summed E-state index contributed by atoms with van der Waals surface area (Å²) in [6, 6.07) is 1.21. The Bertz CT molecular complexity index is 390. The minimum absolute atomic E-state index is 0.170. The Labute approximate surface area is 97.6 Å². The summed E-state index contributed by atoms with van der Waals surface area (Å²) in [5.41, 5.74) is 5.43. The van der Waals surface area contributed by atoms with Crippen molar-refractivity contribution >= 4 is 0 Å². The summed E-state index contributed by atoms with van der Waals surface area (Å²) in [6.07, 6.45) is 2.84. The molecule has 94 valence electrons. The van der Waals surface area contributed by atoms with Crippen molar-refractivity contribution in [3.8, 4) is 5.75 Å². The highest BCUT2D eigenvalue weighted by molar-refractivity contribution is 5.27. The second-order valence-corrected chi connectivity index (χ2v) is 4.54. The number of nitrogens with two attached hydrogens (primary N) is 1. The maximum atomic E-state index is 13.3. The van der Waals surface area contributed by atoms with Crippen LogP contribution in [-0.2, 0) is 0 Å². The molecule has 1 aromatic carbocycles. The van der Waals surface area contributed by atoms with Crippen LogP contribution in [-0.4, -0.2) is 13.2 Å². The van der Waals surface area contributed by atoms with Crippen molar-refractivity contribution in [3.63, 3.8) is 0 Å². The molecule has 0 aliphatic heterocycles. The van der Waals surface area contributed by atoms with E-state index in [1.54, 1.807) is 0 Å². The van der Waals surface area contributed by atoms with Gasteiger partial charge in [-0.2, -0.15) is 0 Å². The Kier molecular flexibility index (Phi) is 3.28. The van der Waals surface area contributed by atoms with Gasteiger partial charge >= 0.3 is 0 Å². The first-order valence-corrected chi connectivity index (χ1v) is 5.54. The fraction of sp³-hybridized carbons (Fsp3) is 0.500. The van der Waals surface area contributed by atoms with Crippen LogP contribution in [0.4, 0.5) is 13.2 Å². The Morgan fingerprint density at radius 3 is 2.18 bits per heavy atom. The van der Waals surface area contributed by atoms with E-state index >= 15 is 0 Å². The number of rotatable bonds is 4. The molecule has 0 spiro atoms. The summed E-state index contributed by atoms with van der Waals surface area (Å²) < 4.78 is 44.3. The second kappa shape index (κ2) is 4.56. The SMILES string of the molecule is NCC1(COc2c(F)cc(F)cc2F)CCC1. The van der Waals surface area contributed by atoms with Gasteiger partial charge in [-0.25, -0.2) is 13.2 Å². The molecule has 0 aromatic heterocycles. The van der Waals surface area contributed by atoms with Crippen molar-refractivity contribution in [1.29, 1.82) is 0 Å². The van der Waals surface area contributed by atoms with E-state index in [9.17, 15) is 13.2 Å². The highest BCUT2D eigenvalue weighted by Crippen LogP contribution is 2.40. The molecule has 17 heavy (non-hydrogen) atoms. The molecule has 2 rings (SSSR count). The molecule has 2 nitrogen and oxygen atoms in total. The Balaban J connectivity index is 2.09. The van der Waals surface area contributed by atoms with Gasteiger partial charge in [0.05, 0.1) is 6.61 Å². The molecular weight excluding hydrogens is 231 g/mol. The highest BCUT2D eigenvalue weighted by Gasteiger charge is 2.36. The summed E-state index contributed by atoms with van der Waals surface area (Å²) in [6.45, 7) is 0.598. The summed E-state index contributed by atoms with van der Waals surface area (Å²) in [4.78, 5) is 0. The number of benzene rings is 1. The molecule has 0 saturated heterocycles. The maximum absolute atomic E-state index is 13.3. The molecule has 0 bridgehead atoms. The van der Waals surface area contributed by atoms with Crippen molar-refractivity contribution in [1.82, 2.24) is 0 Å². The van der Waals surface area contributed by atoms with Crippen LogP contribution in [0.25, 0.3) is 0 Å². The summed E-state index contributed by atoms with van der Waals surface area (Å²) in [5, 5.41) is 0. The maximum Gasteiger partial charge on any atom is 0.190 e. The Morgan fingerprint density at radius 2 is 1.76 bits per heavy atom. The van der Waals surface area contributed by atoms with Crippen LogP contribution in [0.5, 0.6) is 5.75 Å². The van der Waals surface area contributed by atoms with E-state index in [1.165, 1.54) is 0 Å². The normalized spacial score (nSPS) is 17.6. The summed E-state index contributed by atoms with van der Waals surface area (Å²) in [5.74, 6) is -3.52. The molecule has 0 unspecified atom stereocenters. The van der Waals surface area contributed by atoms with Crippen molar-refractivity contribution in [2.75, 3.05) is 13.2 Å². The van der Waals surface area contributed by atoms with Crippen LogP contribution in [0.15, 0.2) is 12.1 Å². The van der Waals surface area contributed by atoms with Crippen molar-refractivity contribution in [2.45, 2.75) is 19.3 Å². The average Bonchev–Trinajstić information content (AvgIpc) is 2.19. The lowest BCUT2D eigenvalue weighted by molar-refractivity contribution is 0.0622.